The second kappa shape index (κ2) is 5.69. The third-order valence-electron chi connectivity index (χ3n) is 8.57. The molecule has 0 aromatic heterocycles. The lowest BCUT2D eigenvalue weighted by Crippen LogP contribution is -3.14. The normalized spacial score (nSPS) is 54.7. The van der Waals surface area contributed by atoms with Crippen LogP contribution in [-0.4, -0.2) is 43.9 Å². The van der Waals surface area contributed by atoms with Crippen LogP contribution in [0.1, 0.15) is 58.8 Å². The highest BCUT2D eigenvalue weighted by Gasteiger charge is 2.65. The van der Waals surface area contributed by atoms with Gasteiger partial charge in [-0.25, -0.2) is 0 Å². The van der Waals surface area contributed by atoms with Crippen molar-refractivity contribution >= 4 is 5.97 Å². The Bertz CT molecular complexity index is 551. The first-order valence-corrected chi connectivity index (χ1v) is 10.7. The summed E-state index contributed by atoms with van der Waals surface area (Å²) in [4.78, 5) is 14.3. The SMILES string of the molecule is CC1CC[NH+](C[C@H]2C(=O)O[C@@H]3C[C@@]4(C)CCC[C@]5(CO5)[C@@H]4C[C@@H]32)CC1. The van der Waals surface area contributed by atoms with Crippen LogP contribution in [0.5, 0.6) is 0 Å². The Balaban J connectivity index is 1.33. The van der Waals surface area contributed by atoms with Crippen LogP contribution in [0.15, 0.2) is 0 Å². The lowest BCUT2D eigenvalue weighted by atomic mass is 9.53. The summed E-state index contributed by atoms with van der Waals surface area (Å²) in [6.45, 7) is 9.22. The number of likely N-dealkylation sites (tertiary alicyclic amines) is 1. The molecule has 5 fully saturated rings. The van der Waals surface area contributed by atoms with Gasteiger partial charge in [0.05, 0.1) is 31.8 Å². The van der Waals surface area contributed by atoms with Crippen LogP contribution in [0.25, 0.3) is 0 Å². The van der Waals surface area contributed by atoms with Gasteiger partial charge in [0.2, 0.25) is 0 Å². The molecule has 6 atom stereocenters. The highest BCUT2D eigenvalue weighted by atomic mass is 16.6. The molecule has 3 heterocycles. The van der Waals surface area contributed by atoms with Gasteiger partial charge >= 0.3 is 5.97 Å². The van der Waals surface area contributed by atoms with E-state index < -0.39 is 0 Å². The number of esters is 1. The molecule has 25 heavy (non-hydrogen) atoms. The Morgan fingerprint density at radius 2 is 2.00 bits per heavy atom. The van der Waals surface area contributed by atoms with Gasteiger partial charge in [-0.15, -0.1) is 0 Å². The van der Waals surface area contributed by atoms with E-state index in [0.29, 0.717) is 17.3 Å². The van der Waals surface area contributed by atoms with Crippen LogP contribution >= 0.6 is 0 Å². The van der Waals surface area contributed by atoms with Crippen molar-refractivity contribution in [2.75, 3.05) is 26.2 Å². The van der Waals surface area contributed by atoms with Crippen LogP contribution in [-0.2, 0) is 14.3 Å². The number of hydrogen-bond acceptors (Lipinski definition) is 3. The summed E-state index contributed by atoms with van der Waals surface area (Å²) in [6.07, 6.45) is 8.81. The fourth-order valence-electron chi connectivity index (χ4n) is 6.88. The van der Waals surface area contributed by atoms with E-state index in [4.69, 9.17) is 9.47 Å². The summed E-state index contributed by atoms with van der Waals surface area (Å²) in [5.41, 5.74) is 0.486. The Labute approximate surface area is 151 Å². The summed E-state index contributed by atoms with van der Waals surface area (Å²) < 4.78 is 12.0. The van der Waals surface area contributed by atoms with E-state index in [1.807, 2.05) is 0 Å². The summed E-state index contributed by atoms with van der Waals surface area (Å²) in [7, 11) is 0. The molecule has 0 unspecified atom stereocenters. The number of hydrogen-bond donors (Lipinski definition) is 1. The van der Waals surface area contributed by atoms with Gasteiger partial charge in [0.1, 0.15) is 12.0 Å². The van der Waals surface area contributed by atoms with Crippen LogP contribution in [0, 0.1) is 29.1 Å². The predicted octanol–water partition coefficient (Wildman–Crippen LogP) is 1.83. The topological polar surface area (TPSA) is 43.3 Å². The first kappa shape index (κ1) is 16.6. The average molecular weight is 349 g/mol. The van der Waals surface area contributed by atoms with Crippen molar-refractivity contribution in [1.82, 2.24) is 0 Å². The molecule has 2 saturated carbocycles. The number of epoxide rings is 1. The molecule has 2 aliphatic carbocycles. The van der Waals surface area contributed by atoms with E-state index in [1.54, 1.807) is 4.90 Å². The van der Waals surface area contributed by atoms with Crippen molar-refractivity contribution in [2.45, 2.75) is 70.5 Å². The second-order valence-electron chi connectivity index (χ2n) is 10.2. The highest BCUT2D eigenvalue weighted by molar-refractivity contribution is 5.75. The van der Waals surface area contributed by atoms with Crippen LogP contribution < -0.4 is 4.90 Å². The molecule has 140 valence electrons. The molecule has 3 aliphatic heterocycles. The third-order valence-corrected chi connectivity index (χ3v) is 8.57. The fraction of sp³-hybridized carbons (Fsp3) is 0.952. The number of quaternary nitrogens is 1. The van der Waals surface area contributed by atoms with Gasteiger partial charge in [0, 0.05) is 5.92 Å². The molecule has 4 nitrogen and oxygen atoms in total. The van der Waals surface area contributed by atoms with Gasteiger partial charge < -0.3 is 14.4 Å². The quantitative estimate of drug-likeness (QED) is 0.612. The maximum Gasteiger partial charge on any atom is 0.315 e. The number of carbonyl (C=O) groups excluding carboxylic acids is 1. The molecule has 0 radical (unpaired) electrons. The predicted molar refractivity (Wildman–Crippen MR) is 94.2 cm³/mol. The molecule has 5 aliphatic rings. The fourth-order valence-corrected chi connectivity index (χ4v) is 6.88. The molecule has 0 aromatic rings. The minimum Gasteiger partial charge on any atom is -0.462 e. The number of rotatable bonds is 2. The third kappa shape index (κ3) is 2.66. The Morgan fingerprint density at radius 1 is 1.24 bits per heavy atom. The molecule has 5 rings (SSSR count). The zero-order valence-corrected chi connectivity index (χ0v) is 15.9. The van der Waals surface area contributed by atoms with Gasteiger partial charge in [-0.2, -0.15) is 0 Å². The first-order valence-electron chi connectivity index (χ1n) is 10.7. The molecule has 1 spiro atoms. The maximum atomic E-state index is 12.7. The van der Waals surface area contributed by atoms with E-state index in [-0.39, 0.29) is 23.6 Å². The second-order valence-corrected chi connectivity index (χ2v) is 10.2. The molecule has 0 bridgehead atoms. The summed E-state index contributed by atoms with van der Waals surface area (Å²) >= 11 is 0. The largest absolute Gasteiger partial charge is 0.462 e. The van der Waals surface area contributed by atoms with Crippen molar-refractivity contribution in [3.05, 3.63) is 0 Å². The number of ether oxygens (including phenoxy) is 2. The summed E-state index contributed by atoms with van der Waals surface area (Å²) in [5.74, 6) is 2.18. The maximum absolute atomic E-state index is 12.7. The van der Waals surface area contributed by atoms with Crippen molar-refractivity contribution in [3.63, 3.8) is 0 Å². The van der Waals surface area contributed by atoms with Crippen molar-refractivity contribution in [3.8, 4) is 0 Å². The molecule has 3 saturated heterocycles. The number of nitrogens with one attached hydrogen (secondary N) is 1. The van der Waals surface area contributed by atoms with Gasteiger partial charge in [0.25, 0.3) is 0 Å². The van der Waals surface area contributed by atoms with Crippen LogP contribution in [0.2, 0.25) is 0 Å². The monoisotopic (exact) mass is 348 g/mol. The van der Waals surface area contributed by atoms with E-state index in [9.17, 15) is 4.79 Å². The smallest absolute Gasteiger partial charge is 0.315 e. The number of carbonyl (C=O) groups is 1. The van der Waals surface area contributed by atoms with E-state index in [0.717, 1.165) is 31.9 Å². The Kier molecular flexibility index (Phi) is 3.77. The zero-order chi connectivity index (χ0) is 17.2. The van der Waals surface area contributed by atoms with Crippen LogP contribution in [0.3, 0.4) is 0 Å². The highest BCUT2D eigenvalue weighted by Crippen LogP contribution is 2.62. The molecular formula is C21H34NO3+. The van der Waals surface area contributed by atoms with E-state index in [2.05, 4.69) is 13.8 Å². The summed E-state index contributed by atoms with van der Waals surface area (Å²) in [5, 5.41) is 0. The standard InChI is InChI=1S/C21H33NO3/c1-14-4-8-22(9-5-14)12-16-15-10-18-20(2,11-17(15)25-19(16)23)6-3-7-21(18)13-24-21/h14-18H,3-13H2,1-2H3/p+1/t15-,16-,17-,18-,20-,21+/m1/s1. The van der Waals surface area contributed by atoms with Crippen molar-refractivity contribution in [1.29, 1.82) is 0 Å². The molecule has 0 aromatic carbocycles. The zero-order valence-electron chi connectivity index (χ0n) is 15.9. The van der Waals surface area contributed by atoms with Gasteiger partial charge in [-0.3, -0.25) is 4.79 Å². The van der Waals surface area contributed by atoms with E-state index >= 15 is 0 Å². The number of piperidine rings is 1. The van der Waals surface area contributed by atoms with Gasteiger partial charge in [-0.05, 0) is 62.2 Å². The lowest BCUT2D eigenvalue weighted by Gasteiger charge is -2.51. The molecule has 0 amide bonds. The van der Waals surface area contributed by atoms with E-state index in [1.165, 1.54) is 45.2 Å². The molecule has 1 N–H and O–H groups in total. The lowest BCUT2D eigenvalue weighted by molar-refractivity contribution is -0.908. The Hall–Kier alpha value is -0.610. The average Bonchev–Trinajstić information content (AvgIpc) is 3.28. The molecular weight excluding hydrogens is 314 g/mol. The Morgan fingerprint density at radius 3 is 2.72 bits per heavy atom. The van der Waals surface area contributed by atoms with Crippen LogP contribution in [0.4, 0.5) is 0 Å². The molecule has 4 heteroatoms. The number of fused-ring (bicyclic) bond motifs is 3. The van der Waals surface area contributed by atoms with Gasteiger partial charge in [0.15, 0.2) is 0 Å². The van der Waals surface area contributed by atoms with Crippen molar-refractivity contribution < 1.29 is 19.2 Å². The van der Waals surface area contributed by atoms with Crippen molar-refractivity contribution in [2.24, 2.45) is 29.1 Å². The first-order chi connectivity index (χ1) is 12.0. The minimum atomic E-state index is 0.106. The van der Waals surface area contributed by atoms with Gasteiger partial charge in [-0.1, -0.05) is 13.8 Å². The summed E-state index contributed by atoms with van der Waals surface area (Å²) in [6, 6.07) is 0. The minimum absolute atomic E-state index is 0.106.